The highest BCUT2D eigenvalue weighted by Crippen LogP contribution is 2.28. The minimum Gasteiger partial charge on any atom is -0.490 e. The van der Waals surface area contributed by atoms with E-state index in [9.17, 15) is 0 Å². The molecule has 0 saturated heterocycles. The van der Waals surface area contributed by atoms with E-state index >= 15 is 0 Å². The summed E-state index contributed by atoms with van der Waals surface area (Å²) in [7, 11) is 1.77. The zero-order chi connectivity index (χ0) is 19.8. The van der Waals surface area contributed by atoms with Crippen molar-refractivity contribution in [2.75, 3.05) is 26.8 Å². The lowest BCUT2D eigenvalue weighted by Gasteiger charge is -2.14. The normalized spacial score (nSPS) is 13.3. The average molecular weight is 387 g/mol. The zero-order valence-corrected chi connectivity index (χ0v) is 17.0. The van der Waals surface area contributed by atoms with Gasteiger partial charge in [-0.3, -0.25) is 4.99 Å². The first-order valence-electron chi connectivity index (χ1n) is 9.99. The van der Waals surface area contributed by atoms with Crippen molar-refractivity contribution < 1.29 is 9.47 Å². The van der Waals surface area contributed by atoms with Crippen LogP contribution in [0.1, 0.15) is 37.5 Å². The second-order valence-corrected chi connectivity index (χ2v) is 6.54. The molecule has 28 heavy (non-hydrogen) atoms. The summed E-state index contributed by atoms with van der Waals surface area (Å²) in [6.45, 7) is 7.57. The number of nitrogens with one attached hydrogen (secondary N) is 2. The number of rotatable bonds is 9. The van der Waals surface area contributed by atoms with Gasteiger partial charge in [-0.1, -0.05) is 6.07 Å². The van der Waals surface area contributed by atoms with Gasteiger partial charge in [0.15, 0.2) is 23.3 Å². The number of hydrogen-bond donors (Lipinski definition) is 2. The number of guanidine groups is 1. The third-order valence-electron chi connectivity index (χ3n) is 4.64. The Bertz CT molecular complexity index is 802. The Morgan fingerprint density at radius 1 is 1.14 bits per heavy atom. The monoisotopic (exact) mass is 386 g/mol. The number of aromatic nitrogens is 3. The molecule has 0 saturated carbocycles. The molecule has 0 bridgehead atoms. The van der Waals surface area contributed by atoms with Gasteiger partial charge in [0.05, 0.1) is 19.8 Å². The molecule has 1 aromatic carbocycles. The van der Waals surface area contributed by atoms with E-state index in [1.165, 1.54) is 5.56 Å². The lowest BCUT2D eigenvalue weighted by molar-refractivity contribution is 0.287. The molecular weight excluding hydrogens is 356 g/mol. The predicted octanol–water partition coefficient (Wildman–Crippen LogP) is 1.93. The van der Waals surface area contributed by atoms with Crippen molar-refractivity contribution in [3.8, 4) is 11.5 Å². The van der Waals surface area contributed by atoms with Gasteiger partial charge in [0.1, 0.15) is 5.82 Å². The molecule has 3 rings (SSSR count). The summed E-state index contributed by atoms with van der Waals surface area (Å²) in [5.41, 5.74) is 1.19. The van der Waals surface area contributed by atoms with Gasteiger partial charge in [0, 0.05) is 26.6 Å². The Labute approximate surface area is 166 Å². The molecule has 8 nitrogen and oxygen atoms in total. The van der Waals surface area contributed by atoms with E-state index < -0.39 is 0 Å². The first kappa shape index (κ1) is 20.0. The molecule has 0 spiro atoms. The molecule has 2 aromatic rings. The van der Waals surface area contributed by atoms with Gasteiger partial charge >= 0.3 is 0 Å². The molecule has 2 heterocycles. The summed E-state index contributed by atoms with van der Waals surface area (Å²) in [5.74, 6) is 4.39. The summed E-state index contributed by atoms with van der Waals surface area (Å²) in [6.07, 6.45) is 3.02. The van der Waals surface area contributed by atoms with E-state index in [0.717, 1.165) is 61.5 Å². The van der Waals surface area contributed by atoms with Crippen molar-refractivity contribution in [2.45, 2.75) is 46.2 Å². The Balaban J connectivity index is 1.49. The van der Waals surface area contributed by atoms with Gasteiger partial charge in [-0.2, -0.15) is 0 Å². The molecule has 0 fully saturated rings. The Morgan fingerprint density at radius 2 is 1.96 bits per heavy atom. The van der Waals surface area contributed by atoms with Crippen molar-refractivity contribution in [1.29, 1.82) is 0 Å². The van der Waals surface area contributed by atoms with Crippen LogP contribution in [0, 0.1) is 0 Å². The second-order valence-electron chi connectivity index (χ2n) is 6.54. The van der Waals surface area contributed by atoms with Crippen LogP contribution in [0.4, 0.5) is 0 Å². The lowest BCUT2D eigenvalue weighted by Crippen LogP contribution is -2.38. The fourth-order valence-electron chi connectivity index (χ4n) is 3.30. The number of nitrogens with zero attached hydrogens (tertiary/aromatic N) is 4. The summed E-state index contributed by atoms with van der Waals surface area (Å²) in [6, 6.07) is 6.10. The number of aliphatic imine (C=N–C) groups is 1. The maximum atomic E-state index is 5.70. The van der Waals surface area contributed by atoms with Crippen molar-refractivity contribution >= 4 is 5.96 Å². The standard InChI is InChI=1S/C20H30N6O2/c1-4-27-16-9-8-15(13-17(16)28-5-2)10-11-22-20(21-3)23-14-19-25-24-18-7-6-12-26(18)19/h8-9,13H,4-7,10-12,14H2,1-3H3,(H2,21,22,23). The van der Waals surface area contributed by atoms with E-state index in [-0.39, 0.29) is 0 Å². The van der Waals surface area contributed by atoms with Gasteiger partial charge in [-0.05, 0) is 44.4 Å². The van der Waals surface area contributed by atoms with Gasteiger partial charge < -0.3 is 24.7 Å². The molecule has 2 N–H and O–H groups in total. The molecule has 0 aliphatic carbocycles. The van der Waals surface area contributed by atoms with Crippen molar-refractivity contribution in [2.24, 2.45) is 4.99 Å². The highest BCUT2D eigenvalue weighted by Gasteiger charge is 2.17. The quantitative estimate of drug-likeness (QED) is 0.506. The molecule has 152 valence electrons. The molecule has 1 aliphatic rings. The molecule has 0 radical (unpaired) electrons. The molecule has 0 atom stereocenters. The summed E-state index contributed by atoms with van der Waals surface area (Å²) < 4.78 is 13.5. The maximum Gasteiger partial charge on any atom is 0.191 e. The number of hydrogen-bond acceptors (Lipinski definition) is 5. The van der Waals surface area contributed by atoms with Gasteiger partial charge in [0.2, 0.25) is 0 Å². The molecule has 1 aromatic heterocycles. The fourth-order valence-corrected chi connectivity index (χ4v) is 3.30. The number of ether oxygens (including phenoxy) is 2. The highest BCUT2D eigenvalue weighted by molar-refractivity contribution is 5.79. The summed E-state index contributed by atoms with van der Waals surface area (Å²) in [5, 5.41) is 15.2. The molecule has 0 amide bonds. The van der Waals surface area contributed by atoms with Gasteiger partial charge in [-0.25, -0.2) is 0 Å². The van der Waals surface area contributed by atoms with Crippen molar-refractivity contribution in [1.82, 2.24) is 25.4 Å². The van der Waals surface area contributed by atoms with Crippen LogP contribution in [0.3, 0.4) is 0 Å². The van der Waals surface area contributed by atoms with Gasteiger partial charge in [0.25, 0.3) is 0 Å². The highest BCUT2D eigenvalue weighted by atomic mass is 16.5. The average Bonchev–Trinajstić information content (AvgIpc) is 3.31. The third-order valence-corrected chi connectivity index (χ3v) is 4.64. The predicted molar refractivity (Wildman–Crippen MR) is 109 cm³/mol. The molecule has 1 aliphatic heterocycles. The van der Waals surface area contributed by atoms with Gasteiger partial charge in [-0.15, -0.1) is 10.2 Å². The Hall–Kier alpha value is -2.77. The summed E-state index contributed by atoms with van der Waals surface area (Å²) >= 11 is 0. The first-order valence-corrected chi connectivity index (χ1v) is 9.99. The van der Waals surface area contributed by atoms with E-state index in [0.29, 0.717) is 19.8 Å². The van der Waals surface area contributed by atoms with E-state index in [1.54, 1.807) is 7.05 Å². The third kappa shape index (κ3) is 4.94. The van der Waals surface area contributed by atoms with Crippen LogP contribution >= 0.6 is 0 Å². The van der Waals surface area contributed by atoms with E-state index in [2.05, 4.69) is 36.5 Å². The smallest absolute Gasteiger partial charge is 0.191 e. The summed E-state index contributed by atoms with van der Waals surface area (Å²) in [4.78, 5) is 4.29. The SMILES string of the molecule is CCOc1ccc(CCNC(=NC)NCc2nnc3n2CCC3)cc1OCC. The van der Waals surface area contributed by atoms with Crippen molar-refractivity contribution in [3.63, 3.8) is 0 Å². The Kier molecular flexibility index (Phi) is 7.11. The van der Waals surface area contributed by atoms with Crippen LogP contribution in [0.2, 0.25) is 0 Å². The van der Waals surface area contributed by atoms with Crippen LogP contribution in [0.25, 0.3) is 0 Å². The molecule has 8 heteroatoms. The Morgan fingerprint density at radius 3 is 2.75 bits per heavy atom. The second kappa shape index (κ2) is 9.96. The largest absolute Gasteiger partial charge is 0.490 e. The van der Waals surface area contributed by atoms with Crippen LogP contribution in [0.5, 0.6) is 11.5 Å². The minimum absolute atomic E-state index is 0.615. The first-order chi connectivity index (χ1) is 13.7. The number of aryl methyl sites for hydroxylation is 1. The number of fused-ring (bicyclic) bond motifs is 1. The molecular formula is C20H30N6O2. The van der Waals surface area contributed by atoms with Crippen molar-refractivity contribution in [3.05, 3.63) is 35.4 Å². The van der Waals surface area contributed by atoms with Crippen LogP contribution in [0.15, 0.2) is 23.2 Å². The number of benzene rings is 1. The van der Waals surface area contributed by atoms with Crippen LogP contribution < -0.4 is 20.1 Å². The fraction of sp³-hybridized carbons (Fsp3) is 0.550. The lowest BCUT2D eigenvalue weighted by atomic mass is 10.1. The van der Waals surface area contributed by atoms with Crippen LogP contribution in [-0.4, -0.2) is 47.5 Å². The minimum atomic E-state index is 0.615. The molecule has 0 unspecified atom stereocenters. The maximum absolute atomic E-state index is 5.70. The topological polar surface area (TPSA) is 85.6 Å². The van der Waals surface area contributed by atoms with Crippen LogP contribution in [-0.2, 0) is 25.9 Å². The van der Waals surface area contributed by atoms with E-state index in [4.69, 9.17) is 9.47 Å². The van der Waals surface area contributed by atoms with E-state index in [1.807, 2.05) is 26.0 Å². The zero-order valence-electron chi connectivity index (χ0n) is 17.0.